The Bertz CT molecular complexity index is 382. The average molecular weight is 224 g/mol. The molecule has 1 aliphatic carbocycles. The third-order valence-corrected chi connectivity index (χ3v) is 3.04. The fraction of sp³-hybridized carbons (Fsp3) is 0.700. The third-order valence-electron chi connectivity index (χ3n) is 3.04. The van der Waals surface area contributed by atoms with Gasteiger partial charge in [0.25, 0.3) is 0 Å². The minimum absolute atomic E-state index is 0.0759. The van der Waals surface area contributed by atoms with Gasteiger partial charge in [-0.05, 0) is 22.7 Å². The molecule has 1 fully saturated rings. The molecule has 0 spiro atoms. The number of aryl methyl sites for hydroxylation is 1. The van der Waals surface area contributed by atoms with Crippen molar-refractivity contribution < 1.29 is 4.92 Å². The van der Waals surface area contributed by atoms with E-state index in [0.717, 1.165) is 12.8 Å². The van der Waals surface area contributed by atoms with Gasteiger partial charge in [-0.1, -0.05) is 19.3 Å². The summed E-state index contributed by atoms with van der Waals surface area (Å²) >= 11 is 0. The maximum absolute atomic E-state index is 10.8. The Balaban J connectivity index is 2.12. The first-order chi connectivity index (χ1) is 7.68. The van der Waals surface area contributed by atoms with Crippen molar-refractivity contribution >= 4 is 11.6 Å². The summed E-state index contributed by atoms with van der Waals surface area (Å²) in [7, 11) is 1.77. The second kappa shape index (κ2) is 4.51. The number of anilines is 1. The summed E-state index contributed by atoms with van der Waals surface area (Å²) in [6.07, 6.45) is 7.31. The highest BCUT2D eigenvalue weighted by molar-refractivity contribution is 5.52. The van der Waals surface area contributed by atoms with E-state index in [0.29, 0.717) is 11.9 Å². The molecule has 0 saturated heterocycles. The zero-order valence-electron chi connectivity index (χ0n) is 9.35. The van der Waals surface area contributed by atoms with Crippen molar-refractivity contribution in [3.05, 3.63) is 16.4 Å². The minimum atomic E-state index is -0.439. The summed E-state index contributed by atoms with van der Waals surface area (Å²) < 4.78 is 1.67. The van der Waals surface area contributed by atoms with E-state index in [1.165, 1.54) is 25.6 Å². The molecule has 0 atom stereocenters. The Morgan fingerprint density at radius 2 is 2.19 bits per heavy atom. The van der Waals surface area contributed by atoms with Crippen molar-refractivity contribution in [1.82, 2.24) is 9.55 Å². The number of hydrogen-bond acceptors (Lipinski definition) is 4. The molecule has 0 radical (unpaired) electrons. The topological polar surface area (TPSA) is 73.0 Å². The number of aromatic nitrogens is 2. The summed E-state index contributed by atoms with van der Waals surface area (Å²) in [5.74, 6) is 0.449. The van der Waals surface area contributed by atoms with Gasteiger partial charge in [-0.2, -0.15) is 0 Å². The molecule has 88 valence electrons. The van der Waals surface area contributed by atoms with Crippen molar-refractivity contribution in [1.29, 1.82) is 0 Å². The third kappa shape index (κ3) is 2.15. The van der Waals surface area contributed by atoms with Gasteiger partial charge in [0.1, 0.15) is 0 Å². The highest BCUT2D eigenvalue weighted by Gasteiger charge is 2.23. The molecule has 2 rings (SSSR count). The molecule has 6 heteroatoms. The first kappa shape index (κ1) is 10.9. The van der Waals surface area contributed by atoms with Crippen LogP contribution in [0.1, 0.15) is 32.1 Å². The van der Waals surface area contributed by atoms with Crippen LogP contribution < -0.4 is 5.32 Å². The fourth-order valence-corrected chi connectivity index (χ4v) is 2.16. The van der Waals surface area contributed by atoms with E-state index < -0.39 is 4.92 Å². The lowest BCUT2D eigenvalue weighted by atomic mass is 9.95. The van der Waals surface area contributed by atoms with Crippen LogP contribution >= 0.6 is 0 Å². The van der Waals surface area contributed by atoms with Gasteiger partial charge < -0.3 is 15.4 Å². The minimum Gasteiger partial charge on any atom is -0.362 e. The molecule has 0 aliphatic heterocycles. The first-order valence-electron chi connectivity index (χ1n) is 5.60. The largest absolute Gasteiger partial charge is 0.406 e. The summed E-state index contributed by atoms with van der Waals surface area (Å²) in [6, 6.07) is 0.350. The molecule has 0 bridgehead atoms. The molecule has 0 amide bonds. The number of nitrogens with one attached hydrogen (secondary N) is 1. The van der Waals surface area contributed by atoms with Crippen molar-refractivity contribution in [3.63, 3.8) is 0 Å². The van der Waals surface area contributed by atoms with Crippen LogP contribution in [0.4, 0.5) is 11.6 Å². The van der Waals surface area contributed by atoms with Crippen LogP contribution in [0.5, 0.6) is 0 Å². The van der Waals surface area contributed by atoms with E-state index in [4.69, 9.17) is 0 Å². The molecule has 1 aliphatic rings. The molecule has 6 nitrogen and oxygen atoms in total. The quantitative estimate of drug-likeness (QED) is 0.630. The van der Waals surface area contributed by atoms with Gasteiger partial charge in [-0.3, -0.25) is 4.57 Å². The first-order valence-corrected chi connectivity index (χ1v) is 5.60. The summed E-state index contributed by atoms with van der Waals surface area (Å²) in [4.78, 5) is 14.1. The van der Waals surface area contributed by atoms with E-state index in [1.54, 1.807) is 11.6 Å². The molecule has 1 saturated carbocycles. The van der Waals surface area contributed by atoms with E-state index >= 15 is 0 Å². The molecule has 1 heterocycles. The Hall–Kier alpha value is -1.59. The van der Waals surface area contributed by atoms with Crippen LogP contribution in [0.15, 0.2) is 6.33 Å². The average Bonchev–Trinajstić information content (AvgIpc) is 2.62. The summed E-state index contributed by atoms with van der Waals surface area (Å²) in [5.41, 5.74) is 0. The van der Waals surface area contributed by atoms with Crippen molar-refractivity contribution in [2.24, 2.45) is 7.05 Å². The maximum atomic E-state index is 10.8. The monoisotopic (exact) mass is 224 g/mol. The maximum Gasteiger partial charge on any atom is 0.406 e. The zero-order valence-corrected chi connectivity index (χ0v) is 9.35. The Labute approximate surface area is 93.8 Å². The van der Waals surface area contributed by atoms with Crippen LogP contribution in [0.2, 0.25) is 0 Å². The van der Waals surface area contributed by atoms with Gasteiger partial charge >= 0.3 is 5.82 Å². The number of rotatable bonds is 3. The van der Waals surface area contributed by atoms with Crippen molar-refractivity contribution in [2.75, 3.05) is 5.32 Å². The van der Waals surface area contributed by atoms with Gasteiger partial charge in [0.05, 0.1) is 0 Å². The van der Waals surface area contributed by atoms with E-state index in [-0.39, 0.29) is 5.82 Å². The Morgan fingerprint density at radius 3 is 2.81 bits per heavy atom. The van der Waals surface area contributed by atoms with E-state index in [9.17, 15) is 10.1 Å². The lowest BCUT2D eigenvalue weighted by Crippen LogP contribution is -2.23. The normalized spacial score (nSPS) is 17.3. The molecule has 0 unspecified atom stereocenters. The summed E-state index contributed by atoms with van der Waals surface area (Å²) in [5, 5.41) is 14.0. The Kier molecular flexibility index (Phi) is 3.07. The van der Waals surface area contributed by atoms with Gasteiger partial charge in [-0.25, -0.2) is 0 Å². The predicted octanol–water partition coefficient (Wildman–Crippen LogP) is 2.07. The lowest BCUT2D eigenvalue weighted by Gasteiger charge is -2.23. The summed E-state index contributed by atoms with van der Waals surface area (Å²) in [6.45, 7) is 0. The number of imidazole rings is 1. The zero-order chi connectivity index (χ0) is 11.5. The van der Waals surface area contributed by atoms with Crippen LogP contribution in [0.3, 0.4) is 0 Å². The SMILES string of the molecule is Cn1cnc([N+](=O)[O-])c1NC1CCCCC1. The highest BCUT2D eigenvalue weighted by Crippen LogP contribution is 2.26. The standard InChI is InChI=1S/C10H16N4O2/c1-13-7-11-9(14(15)16)10(13)12-8-5-3-2-4-6-8/h7-8,12H,2-6H2,1H3. The van der Waals surface area contributed by atoms with Gasteiger partial charge in [0.15, 0.2) is 0 Å². The molecular formula is C10H16N4O2. The Morgan fingerprint density at radius 1 is 1.50 bits per heavy atom. The highest BCUT2D eigenvalue weighted by atomic mass is 16.6. The molecule has 1 N–H and O–H groups in total. The van der Waals surface area contributed by atoms with Gasteiger partial charge in [-0.15, -0.1) is 0 Å². The lowest BCUT2D eigenvalue weighted by molar-refractivity contribution is -0.388. The second-order valence-corrected chi connectivity index (χ2v) is 4.26. The van der Waals surface area contributed by atoms with Crippen LogP contribution in [0.25, 0.3) is 0 Å². The van der Waals surface area contributed by atoms with Gasteiger partial charge in [0.2, 0.25) is 12.1 Å². The molecule has 1 aromatic heterocycles. The van der Waals surface area contributed by atoms with E-state index in [2.05, 4.69) is 10.3 Å². The van der Waals surface area contributed by atoms with Crippen LogP contribution in [0, 0.1) is 10.1 Å². The van der Waals surface area contributed by atoms with Crippen molar-refractivity contribution in [2.45, 2.75) is 38.1 Å². The number of nitro groups is 1. The molecular weight excluding hydrogens is 208 g/mol. The van der Waals surface area contributed by atoms with E-state index in [1.807, 2.05) is 0 Å². The molecule has 16 heavy (non-hydrogen) atoms. The smallest absolute Gasteiger partial charge is 0.362 e. The van der Waals surface area contributed by atoms with Crippen LogP contribution in [-0.2, 0) is 7.05 Å². The number of hydrogen-bond donors (Lipinski definition) is 1. The predicted molar refractivity (Wildman–Crippen MR) is 60.4 cm³/mol. The second-order valence-electron chi connectivity index (χ2n) is 4.26. The number of nitrogens with zero attached hydrogens (tertiary/aromatic N) is 3. The molecule has 0 aromatic carbocycles. The van der Waals surface area contributed by atoms with Crippen molar-refractivity contribution in [3.8, 4) is 0 Å². The fourth-order valence-electron chi connectivity index (χ4n) is 2.16. The van der Waals surface area contributed by atoms with Crippen LogP contribution in [-0.4, -0.2) is 20.5 Å². The van der Waals surface area contributed by atoms with Gasteiger partial charge in [0, 0.05) is 13.1 Å². The molecule has 1 aromatic rings.